The number of amides is 2. The van der Waals surface area contributed by atoms with Gasteiger partial charge in [0.2, 0.25) is 11.8 Å². The Hall–Kier alpha value is -3.00. The number of ketones is 2. The van der Waals surface area contributed by atoms with Crippen LogP contribution in [0.15, 0.2) is 51.6 Å². The van der Waals surface area contributed by atoms with Gasteiger partial charge in [-0.05, 0) is 73.2 Å². The second-order valence-corrected chi connectivity index (χ2v) is 11.4. The number of phenolic OH excluding ortho intramolecular Hbond substituents is 1. The number of imide groups is 1. The molecule has 1 fully saturated rings. The Morgan fingerprint density at radius 1 is 1.09 bits per heavy atom. The van der Waals surface area contributed by atoms with Crippen LogP contribution in [0, 0.1) is 17.8 Å². The smallest absolute Gasteiger partial charge is 0.234 e. The predicted molar refractivity (Wildman–Crippen MR) is 131 cm³/mol. The summed E-state index contributed by atoms with van der Waals surface area (Å²) in [6.45, 7) is 5.52. The number of fused-ring (bicyclic) bond motifs is 3. The van der Waals surface area contributed by atoms with Gasteiger partial charge < -0.3 is 9.84 Å². The fraction of sp³-hybridized carbons (Fsp3) is 0.407. The topological polar surface area (TPSA) is 101 Å². The van der Waals surface area contributed by atoms with Crippen LogP contribution in [0.3, 0.4) is 0 Å². The number of hydrogen-bond donors (Lipinski definition) is 1. The number of aromatic hydroxyl groups is 1. The molecule has 8 heteroatoms. The number of carbonyl (C=O) groups is 4. The molecule has 182 valence electrons. The summed E-state index contributed by atoms with van der Waals surface area (Å²) in [7, 11) is 1.44. The Bertz CT molecular complexity index is 1300. The highest BCUT2D eigenvalue weighted by Gasteiger charge is 2.58. The minimum Gasteiger partial charge on any atom is -0.504 e. The highest BCUT2D eigenvalue weighted by atomic mass is 79.9. The van der Waals surface area contributed by atoms with E-state index in [9.17, 15) is 24.3 Å². The first-order valence-electron chi connectivity index (χ1n) is 11.6. The molecule has 0 saturated carbocycles. The van der Waals surface area contributed by atoms with Crippen LogP contribution in [-0.2, 0) is 19.2 Å². The van der Waals surface area contributed by atoms with Gasteiger partial charge in [0.25, 0.3) is 0 Å². The van der Waals surface area contributed by atoms with Gasteiger partial charge in [0, 0.05) is 28.7 Å². The van der Waals surface area contributed by atoms with Crippen LogP contribution < -0.4 is 4.74 Å². The van der Waals surface area contributed by atoms with Crippen molar-refractivity contribution in [3.8, 4) is 11.5 Å². The standard InChI is InChI=1S/C27H26BrNO6/c1-27(2,3)29-25(33)14-7-6-13-15(22(14)26(29)34)10-16-23(19(31)11-17(28)24(16)32)21(13)12-5-8-18(30)20(9-12)35-4/h5-6,8-9,11,14-15,21-22,30H,7,10H2,1-4H3. The Labute approximate surface area is 211 Å². The highest BCUT2D eigenvalue weighted by molar-refractivity contribution is 9.12. The van der Waals surface area contributed by atoms with Gasteiger partial charge in [0.15, 0.2) is 23.1 Å². The molecule has 4 unspecified atom stereocenters. The van der Waals surface area contributed by atoms with Crippen LogP contribution in [0.4, 0.5) is 0 Å². The van der Waals surface area contributed by atoms with Crippen LogP contribution in [0.1, 0.15) is 45.1 Å². The van der Waals surface area contributed by atoms with Gasteiger partial charge in [-0.1, -0.05) is 17.7 Å². The molecule has 7 nitrogen and oxygen atoms in total. The van der Waals surface area contributed by atoms with E-state index in [1.165, 1.54) is 24.2 Å². The number of Topliss-reactive ketones (excluding diaryl/α,β-unsaturated/α-hetero) is 1. The fourth-order valence-electron chi connectivity index (χ4n) is 6.12. The Kier molecular flexibility index (Phi) is 5.43. The number of ether oxygens (including phenoxy) is 1. The van der Waals surface area contributed by atoms with E-state index in [2.05, 4.69) is 15.9 Å². The van der Waals surface area contributed by atoms with Crippen LogP contribution in [0.2, 0.25) is 0 Å². The minimum absolute atomic E-state index is 0.0402. The molecule has 1 aliphatic heterocycles. The second kappa shape index (κ2) is 8.01. The summed E-state index contributed by atoms with van der Waals surface area (Å²) in [4.78, 5) is 54.8. The molecule has 0 bridgehead atoms. The number of allylic oxidation sites excluding steroid dienone is 6. The van der Waals surface area contributed by atoms with Gasteiger partial charge >= 0.3 is 0 Å². The molecule has 1 N–H and O–H groups in total. The van der Waals surface area contributed by atoms with Gasteiger partial charge in [-0.3, -0.25) is 24.1 Å². The van der Waals surface area contributed by atoms with E-state index in [4.69, 9.17) is 4.74 Å². The van der Waals surface area contributed by atoms with Crippen LogP contribution in [0.5, 0.6) is 11.5 Å². The van der Waals surface area contributed by atoms with Crippen molar-refractivity contribution in [3.63, 3.8) is 0 Å². The zero-order valence-electron chi connectivity index (χ0n) is 19.9. The van der Waals surface area contributed by atoms with Gasteiger partial charge in [-0.15, -0.1) is 0 Å². The lowest BCUT2D eigenvalue weighted by atomic mass is 9.59. The summed E-state index contributed by atoms with van der Waals surface area (Å²) >= 11 is 3.23. The molecule has 5 rings (SSSR count). The number of benzene rings is 1. The van der Waals surface area contributed by atoms with Gasteiger partial charge in [-0.2, -0.15) is 0 Å². The molecule has 2 amide bonds. The summed E-state index contributed by atoms with van der Waals surface area (Å²) in [5.74, 6) is -2.80. The highest BCUT2D eigenvalue weighted by Crippen LogP contribution is 2.56. The number of rotatable bonds is 2. The third kappa shape index (κ3) is 3.44. The summed E-state index contributed by atoms with van der Waals surface area (Å²) in [5.41, 5.74) is 1.65. The lowest BCUT2D eigenvalue weighted by molar-refractivity contribution is -0.145. The first kappa shape index (κ1) is 23.7. The maximum Gasteiger partial charge on any atom is 0.234 e. The Morgan fingerprint density at radius 2 is 1.80 bits per heavy atom. The summed E-state index contributed by atoms with van der Waals surface area (Å²) < 4.78 is 5.49. The molecule has 1 aromatic rings. The molecule has 0 radical (unpaired) electrons. The first-order chi connectivity index (χ1) is 16.5. The normalized spacial score (nSPS) is 28.4. The molecule has 0 aromatic heterocycles. The summed E-state index contributed by atoms with van der Waals surface area (Å²) in [6.07, 6.45) is 3.88. The Morgan fingerprint density at radius 3 is 2.46 bits per heavy atom. The number of phenols is 1. The summed E-state index contributed by atoms with van der Waals surface area (Å²) in [6, 6.07) is 4.86. The molecule has 4 aliphatic rings. The third-order valence-corrected chi connectivity index (χ3v) is 8.13. The van der Waals surface area contributed by atoms with E-state index in [1.807, 2.05) is 26.8 Å². The number of methoxy groups -OCH3 is 1. The van der Waals surface area contributed by atoms with Gasteiger partial charge in [0.1, 0.15) is 0 Å². The number of nitrogens with zero attached hydrogens (tertiary/aromatic N) is 1. The van der Waals surface area contributed by atoms with Crippen LogP contribution in [0.25, 0.3) is 0 Å². The van der Waals surface area contributed by atoms with Crippen LogP contribution >= 0.6 is 15.9 Å². The van der Waals surface area contributed by atoms with Gasteiger partial charge in [-0.25, -0.2) is 0 Å². The quantitative estimate of drug-likeness (QED) is 0.346. The molecule has 1 aromatic carbocycles. The van der Waals surface area contributed by atoms with E-state index in [0.29, 0.717) is 23.1 Å². The average molecular weight is 540 g/mol. The number of likely N-dealkylation sites (tertiary alicyclic amines) is 1. The molecule has 1 heterocycles. The third-order valence-electron chi connectivity index (χ3n) is 7.54. The SMILES string of the molecule is COc1cc(C2C3=CCC4C(=O)N(C(C)(C)C)C(=O)C4C3CC3=C2C(=O)C=C(Br)C3=O)ccc1O. The zero-order chi connectivity index (χ0) is 25.4. The van der Waals surface area contributed by atoms with Crippen molar-refractivity contribution in [2.75, 3.05) is 7.11 Å². The Balaban J connectivity index is 1.69. The largest absolute Gasteiger partial charge is 0.504 e. The predicted octanol–water partition coefficient (Wildman–Crippen LogP) is 3.96. The fourth-order valence-corrected chi connectivity index (χ4v) is 6.57. The van der Waals surface area contributed by atoms with Crippen molar-refractivity contribution in [2.24, 2.45) is 17.8 Å². The van der Waals surface area contributed by atoms with E-state index < -0.39 is 29.2 Å². The zero-order valence-corrected chi connectivity index (χ0v) is 21.5. The maximum absolute atomic E-state index is 13.6. The van der Waals surface area contributed by atoms with Crippen molar-refractivity contribution in [2.45, 2.75) is 45.1 Å². The number of hydrogen-bond acceptors (Lipinski definition) is 6. The number of halogens is 1. The molecule has 4 atom stereocenters. The molecule has 35 heavy (non-hydrogen) atoms. The second-order valence-electron chi connectivity index (χ2n) is 10.5. The van der Waals surface area contributed by atoms with E-state index in [-0.39, 0.29) is 45.8 Å². The molecule has 3 aliphatic carbocycles. The molecule has 1 saturated heterocycles. The van der Waals surface area contributed by atoms with Crippen molar-refractivity contribution < 1.29 is 29.0 Å². The maximum atomic E-state index is 13.6. The van der Waals surface area contributed by atoms with E-state index in [0.717, 1.165) is 5.57 Å². The lowest BCUT2D eigenvalue weighted by Crippen LogP contribution is -2.46. The van der Waals surface area contributed by atoms with Crippen molar-refractivity contribution >= 4 is 39.3 Å². The first-order valence-corrected chi connectivity index (χ1v) is 12.4. The molecular weight excluding hydrogens is 514 g/mol. The average Bonchev–Trinajstić information content (AvgIpc) is 3.06. The number of carbonyl (C=O) groups excluding carboxylic acids is 4. The van der Waals surface area contributed by atoms with Crippen molar-refractivity contribution in [1.29, 1.82) is 0 Å². The van der Waals surface area contributed by atoms with Crippen molar-refractivity contribution in [3.05, 3.63) is 57.1 Å². The van der Waals surface area contributed by atoms with E-state index >= 15 is 0 Å². The van der Waals surface area contributed by atoms with E-state index in [1.54, 1.807) is 12.1 Å². The monoisotopic (exact) mass is 539 g/mol. The van der Waals surface area contributed by atoms with Crippen LogP contribution in [-0.4, -0.2) is 46.0 Å². The summed E-state index contributed by atoms with van der Waals surface area (Å²) in [5, 5.41) is 10.1. The lowest BCUT2D eigenvalue weighted by Gasteiger charge is -2.42. The minimum atomic E-state index is -0.656. The molecule has 0 spiro atoms. The molecular formula is C27H26BrNO6. The van der Waals surface area contributed by atoms with Crippen molar-refractivity contribution in [1.82, 2.24) is 4.90 Å². The van der Waals surface area contributed by atoms with Gasteiger partial charge in [0.05, 0.1) is 23.4 Å².